The van der Waals surface area contributed by atoms with Crippen molar-refractivity contribution >= 4 is 0 Å². The van der Waals surface area contributed by atoms with E-state index >= 15 is 0 Å². The van der Waals surface area contributed by atoms with Gasteiger partial charge in [0.15, 0.2) is 0 Å². The van der Waals surface area contributed by atoms with Gasteiger partial charge in [0.05, 0.1) is 0 Å². The first-order valence-electron chi connectivity index (χ1n) is 7.79. The van der Waals surface area contributed by atoms with Gasteiger partial charge in [-0.15, -0.1) is 0 Å². The average Bonchev–Trinajstić information content (AvgIpc) is 2.39. The molecule has 2 unspecified atom stereocenters. The molecule has 1 rings (SSSR count). The fourth-order valence-corrected chi connectivity index (χ4v) is 2.99. The summed E-state index contributed by atoms with van der Waals surface area (Å²) in [4.78, 5) is 5.01. The van der Waals surface area contributed by atoms with Crippen LogP contribution in [-0.4, -0.2) is 55.6 Å². The molecule has 2 atom stereocenters. The van der Waals surface area contributed by atoms with Crippen molar-refractivity contribution < 1.29 is 0 Å². The number of unbranched alkanes of at least 4 members (excludes halogenated alkanes) is 3. The van der Waals surface area contributed by atoms with Gasteiger partial charge in [-0.1, -0.05) is 32.6 Å². The number of hydrogen-bond donors (Lipinski definition) is 1. The number of piperidine rings is 1. The van der Waals surface area contributed by atoms with E-state index in [2.05, 4.69) is 30.8 Å². The molecule has 0 aromatic carbocycles. The highest BCUT2D eigenvalue weighted by Crippen LogP contribution is 2.18. The molecule has 1 fully saturated rings. The Hall–Kier alpha value is -0.120. The van der Waals surface area contributed by atoms with Crippen molar-refractivity contribution in [3.05, 3.63) is 0 Å². The van der Waals surface area contributed by atoms with Crippen molar-refractivity contribution in [2.75, 3.05) is 33.7 Å². The number of nitrogens with zero attached hydrogens (tertiary/aromatic N) is 2. The predicted molar refractivity (Wildman–Crippen MR) is 79.9 cm³/mol. The normalized spacial score (nSPS) is 23.5. The molecule has 0 bridgehead atoms. The Labute approximate surface area is 114 Å². The zero-order valence-corrected chi connectivity index (χ0v) is 12.7. The summed E-state index contributed by atoms with van der Waals surface area (Å²) >= 11 is 0. The summed E-state index contributed by atoms with van der Waals surface area (Å²) in [5.41, 5.74) is 5.98. The first-order valence-corrected chi connectivity index (χ1v) is 7.79. The molecule has 0 radical (unpaired) electrons. The van der Waals surface area contributed by atoms with Gasteiger partial charge in [-0.3, -0.25) is 4.90 Å². The fourth-order valence-electron chi connectivity index (χ4n) is 2.99. The van der Waals surface area contributed by atoms with E-state index in [0.29, 0.717) is 6.04 Å². The maximum absolute atomic E-state index is 5.98. The molecule has 0 spiro atoms. The summed E-state index contributed by atoms with van der Waals surface area (Å²) in [6, 6.07) is 1.34. The molecule has 2 N–H and O–H groups in total. The van der Waals surface area contributed by atoms with Crippen molar-refractivity contribution in [1.82, 2.24) is 9.80 Å². The Morgan fingerprint density at radius 3 is 2.67 bits per heavy atom. The summed E-state index contributed by atoms with van der Waals surface area (Å²) in [7, 11) is 4.40. The van der Waals surface area contributed by atoms with Gasteiger partial charge in [0.2, 0.25) is 0 Å². The van der Waals surface area contributed by atoms with Crippen molar-refractivity contribution in [2.24, 2.45) is 5.73 Å². The lowest BCUT2D eigenvalue weighted by Crippen LogP contribution is -2.51. The largest absolute Gasteiger partial charge is 0.329 e. The van der Waals surface area contributed by atoms with Crippen LogP contribution in [0.5, 0.6) is 0 Å². The molecule has 1 aliphatic rings. The second-order valence-corrected chi connectivity index (χ2v) is 5.99. The monoisotopic (exact) mass is 255 g/mol. The molecule has 0 aromatic heterocycles. The summed E-state index contributed by atoms with van der Waals surface area (Å²) in [5.74, 6) is 0. The molecular formula is C15H33N3. The average molecular weight is 255 g/mol. The van der Waals surface area contributed by atoms with Gasteiger partial charge < -0.3 is 10.6 Å². The topological polar surface area (TPSA) is 32.5 Å². The molecule has 18 heavy (non-hydrogen) atoms. The first-order chi connectivity index (χ1) is 8.69. The Morgan fingerprint density at radius 1 is 1.28 bits per heavy atom. The number of likely N-dealkylation sites (tertiary alicyclic amines) is 1. The van der Waals surface area contributed by atoms with Gasteiger partial charge in [0.25, 0.3) is 0 Å². The quantitative estimate of drug-likeness (QED) is 0.676. The van der Waals surface area contributed by atoms with E-state index in [0.717, 1.165) is 12.6 Å². The lowest BCUT2D eigenvalue weighted by molar-refractivity contribution is 0.0936. The van der Waals surface area contributed by atoms with E-state index in [4.69, 9.17) is 5.73 Å². The second-order valence-electron chi connectivity index (χ2n) is 5.99. The Bertz CT molecular complexity index is 206. The van der Waals surface area contributed by atoms with Crippen LogP contribution in [-0.2, 0) is 0 Å². The minimum atomic E-state index is 0.615. The van der Waals surface area contributed by atoms with Crippen LogP contribution in [0.25, 0.3) is 0 Å². The minimum absolute atomic E-state index is 0.615. The van der Waals surface area contributed by atoms with Crippen molar-refractivity contribution in [3.63, 3.8) is 0 Å². The van der Waals surface area contributed by atoms with E-state index < -0.39 is 0 Å². The summed E-state index contributed by atoms with van der Waals surface area (Å²) in [5, 5.41) is 0. The van der Waals surface area contributed by atoms with E-state index in [1.165, 1.54) is 58.0 Å². The van der Waals surface area contributed by atoms with Gasteiger partial charge >= 0.3 is 0 Å². The van der Waals surface area contributed by atoms with Gasteiger partial charge in [-0.25, -0.2) is 0 Å². The highest BCUT2D eigenvalue weighted by atomic mass is 15.2. The zero-order chi connectivity index (χ0) is 13.4. The molecular weight excluding hydrogens is 222 g/mol. The lowest BCUT2D eigenvalue weighted by atomic mass is 9.99. The van der Waals surface area contributed by atoms with Gasteiger partial charge in [-0.05, 0) is 39.9 Å². The van der Waals surface area contributed by atoms with E-state index in [9.17, 15) is 0 Å². The van der Waals surface area contributed by atoms with Crippen LogP contribution in [0, 0.1) is 0 Å². The van der Waals surface area contributed by atoms with E-state index in [1.807, 2.05) is 0 Å². The van der Waals surface area contributed by atoms with Crippen LogP contribution >= 0.6 is 0 Å². The SMILES string of the molecule is CCCCCCC(CN)N1CCCC(N(C)C)C1. The molecule has 1 saturated heterocycles. The predicted octanol–water partition coefficient (Wildman–Crippen LogP) is 2.31. The number of nitrogens with two attached hydrogens (primary N) is 1. The van der Waals surface area contributed by atoms with Crippen LogP contribution in [0.2, 0.25) is 0 Å². The highest BCUT2D eigenvalue weighted by Gasteiger charge is 2.25. The second kappa shape index (κ2) is 8.89. The van der Waals surface area contributed by atoms with Crippen LogP contribution < -0.4 is 5.73 Å². The van der Waals surface area contributed by atoms with Gasteiger partial charge in [0.1, 0.15) is 0 Å². The molecule has 108 valence electrons. The van der Waals surface area contributed by atoms with E-state index in [1.54, 1.807) is 0 Å². The van der Waals surface area contributed by atoms with Gasteiger partial charge in [0, 0.05) is 25.2 Å². The molecule has 0 amide bonds. The van der Waals surface area contributed by atoms with Crippen LogP contribution in [0.1, 0.15) is 51.9 Å². The summed E-state index contributed by atoms with van der Waals surface area (Å²) in [6.45, 7) is 5.56. The lowest BCUT2D eigenvalue weighted by Gasteiger charge is -2.40. The molecule has 0 aromatic rings. The molecule has 3 heteroatoms. The highest BCUT2D eigenvalue weighted by molar-refractivity contribution is 4.83. The van der Waals surface area contributed by atoms with Crippen molar-refractivity contribution in [2.45, 2.75) is 64.0 Å². The molecule has 1 heterocycles. The maximum atomic E-state index is 5.98. The Balaban J connectivity index is 2.34. The van der Waals surface area contributed by atoms with Crippen molar-refractivity contribution in [3.8, 4) is 0 Å². The summed E-state index contributed by atoms with van der Waals surface area (Å²) in [6.07, 6.45) is 9.37. The van der Waals surface area contributed by atoms with Crippen LogP contribution in [0.15, 0.2) is 0 Å². The standard InChI is InChI=1S/C15H33N3/c1-4-5-6-7-9-14(12-16)18-11-8-10-15(13-18)17(2)3/h14-15H,4-13,16H2,1-3H3. The third-order valence-corrected chi connectivity index (χ3v) is 4.34. The third-order valence-electron chi connectivity index (χ3n) is 4.34. The number of likely N-dealkylation sites (N-methyl/N-ethyl adjacent to an activating group) is 1. The maximum Gasteiger partial charge on any atom is 0.0219 e. The Morgan fingerprint density at radius 2 is 2.06 bits per heavy atom. The van der Waals surface area contributed by atoms with Crippen molar-refractivity contribution in [1.29, 1.82) is 0 Å². The minimum Gasteiger partial charge on any atom is -0.329 e. The molecule has 1 aliphatic heterocycles. The summed E-state index contributed by atoms with van der Waals surface area (Å²) < 4.78 is 0. The van der Waals surface area contributed by atoms with Gasteiger partial charge in [-0.2, -0.15) is 0 Å². The van der Waals surface area contributed by atoms with Crippen LogP contribution in [0.4, 0.5) is 0 Å². The smallest absolute Gasteiger partial charge is 0.0219 e. The number of hydrogen-bond acceptors (Lipinski definition) is 3. The molecule has 0 aliphatic carbocycles. The zero-order valence-electron chi connectivity index (χ0n) is 12.7. The molecule has 0 saturated carbocycles. The first kappa shape index (κ1) is 15.9. The van der Waals surface area contributed by atoms with Crippen LogP contribution in [0.3, 0.4) is 0 Å². The molecule has 3 nitrogen and oxygen atoms in total. The third kappa shape index (κ3) is 5.25. The van der Waals surface area contributed by atoms with E-state index in [-0.39, 0.29) is 0 Å². The fraction of sp³-hybridized carbons (Fsp3) is 1.00. The number of rotatable bonds is 8. The Kier molecular flexibility index (Phi) is 7.87.